The summed E-state index contributed by atoms with van der Waals surface area (Å²) in [6.45, 7) is 4.59. The quantitative estimate of drug-likeness (QED) is 0.619. The number of para-hydroxylation sites is 1. The van der Waals surface area contributed by atoms with E-state index in [4.69, 9.17) is 0 Å². The standard InChI is InChI=1S/C22H28N2S2/c1-3-16-8-9-17(23-15-16)12-13-24-19-6-4-5-7-21(19)26-22-11-10-18(25-2)14-20(22)24/h4-7,10-11,14,16-17,23H,3,8-9,12-13,15H2,1-2H3. The lowest BCUT2D eigenvalue weighted by Gasteiger charge is -2.35. The highest BCUT2D eigenvalue weighted by atomic mass is 32.2. The predicted molar refractivity (Wildman–Crippen MR) is 115 cm³/mol. The smallest absolute Gasteiger partial charge is 0.0564 e. The fraction of sp³-hybridized carbons (Fsp3) is 0.455. The molecule has 2 nitrogen and oxygen atoms in total. The fourth-order valence-electron chi connectivity index (χ4n) is 4.03. The zero-order valence-electron chi connectivity index (χ0n) is 15.7. The first-order valence-corrected chi connectivity index (χ1v) is 11.8. The van der Waals surface area contributed by atoms with Crippen LogP contribution in [-0.4, -0.2) is 25.4 Å². The number of nitrogens with zero attached hydrogens (tertiary/aromatic N) is 1. The third-order valence-electron chi connectivity index (χ3n) is 5.73. The monoisotopic (exact) mass is 384 g/mol. The maximum atomic E-state index is 3.79. The average molecular weight is 385 g/mol. The van der Waals surface area contributed by atoms with Gasteiger partial charge in [-0.3, -0.25) is 0 Å². The van der Waals surface area contributed by atoms with Crippen LogP contribution in [0.25, 0.3) is 0 Å². The van der Waals surface area contributed by atoms with Crippen LogP contribution in [-0.2, 0) is 0 Å². The van der Waals surface area contributed by atoms with Crippen LogP contribution in [0.4, 0.5) is 11.4 Å². The predicted octanol–water partition coefficient (Wildman–Crippen LogP) is 6.18. The number of rotatable bonds is 5. The van der Waals surface area contributed by atoms with Gasteiger partial charge in [0.2, 0.25) is 0 Å². The first-order valence-electron chi connectivity index (χ1n) is 9.74. The van der Waals surface area contributed by atoms with Crippen molar-refractivity contribution in [1.82, 2.24) is 5.32 Å². The Bertz CT molecular complexity index is 754. The Morgan fingerprint density at radius 2 is 1.96 bits per heavy atom. The normalized spacial score (nSPS) is 22.0. The summed E-state index contributed by atoms with van der Waals surface area (Å²) in [4.78, 5) is 6.65. The largest absolute Gasteiger partial charge is 0.340 e. The molecular weight excluding hydrogens is 356 g/mol. The molecule has 4 rings (SSSR count). The molecule has 0 bridgehead atoms. The zero-order chi connectivity index (χ0) is 17.9. The molecule has 1 N–H and O–H groups in total. The van der Waals surface area contributed by atoms with E-state index in [1.54, 1.807) is 0 Å². The molecule has 2 unspecified atom stereocenters. The van der Waals surface area contributed by atoms with Gasteiger partial charge in [-0.05, 0) is 68.3 Å². The minimum atomic E-state index is 0.659. The van der Waals surface area contributed by atoms with Crippen molar-refractivity contribution in [2.24, 2.45) is 5.92 Å². The molecule has 1 saturated heterocycles. The number of thioether (sulfide) groups is 1. The van der Waals surface area contributed by atoms with Crippen LogP contribution < -0.4 is 10.2 Å². The van der Waals surface area contributed by atoms with Crippen molar-refractivity contribution < 1.29 is 0 Å². The summed E-state index contributed by atoms with van der Waals surface area (Å²) < 4.78 is 0. The number of piperidine rings is 1. The lowest BCUT2D eigenvalue weighted by molar-refractivity contribution is 0.296. The number of anilines is 2. The molecule has 0 aliphatic carbocycles. The van der Waals surface area contributed by atoms with Gasteiger partial charge in [0.1, 0.15) is 0 Å². The second kappa shape index (κ2) is 8.28. The molecule has 0 amide bonds. The van der Waals surface area contributed by atoms with E-state index in [1.807, 2.05) is 23.5 Å². The lowest BCUT2D eigenvalue weighted by Crippen LogP contribution is -2.40. The molecule has 2 heterocycles. The van der Waals surface area contributed by atoms with Gasteiger partial charge in [0, 0.05) is 27.3 Å². The number of hydrogen-bond donors (Lipinski definition) is 1. The molecule has 2 atom stereocenters. The summed E-state index contributed by atoms with van der Waals surface area (Å²) in [5.41, 5.74) is 2.74. The van der Waals surface area contributed by atoms with Crippen LogP contribution >= 0.6 is 23.5 Å². The van der Waals surface area contributed by atoms with Crippen molar-refractivity contribution in [3.63, 3.8) is 0 Å². The number of hydrogen-bond acceptors (Lipinski definition) is 4. The second-order valence-corrected chi connectivity index (χ2v) is 9.26. The zero-order valence-corrected chi connectivity index (χ0v) is 17.3. The van der Waals surface area contributed by atoms with Gasteiger partial charge in [-0.25, -0.2) is 0 Å². The first-order chi connectivity index (χ1) is 12.8. The summed E-state index contributed by atoms with van der Waals surface area (Å²) >= 11 is 3.73. The maximum absolute atomic E-state index is 3.79. The van der Waals surface area contributed by atoms with E-state index in [2.05, 4.69) is 65.9 Å². The number of benzene rings is 2. The van der Waals surface area contributed by atoms with Gasteiger partial charge >= 0.3 is 0 Å². The van der Waals surface area contributed by atoms with E-state index < -0.39 is 0 Å². The van der Waals surface area contributed by atoms with Crippen molar-refractivity contribution in [2.75, 3.05) is 24.2 Å². The third kappa shape index (κ3) is 3.78. The highest BCUT2D eigenvalue weighted by Gasteiger charge is 2.25. The third-order valence-corrected chi connectivity index (χ3v) is 7.59. The Balaban J connectivity index is 1.55. The maximum Gasteiger partial charge on any atom is 0.0564 e. The minimum absolute atomic E-state index is 0.659. The number of fused-ring (bicyclic) bond motifs is 2. The summed E-state index contributed by atoms with van der Waals surface area (Å²) in [5, 5.41) is 3.79. The van der Waals surface area contributed by atoms with Crippen molar-refractivity contribution in [3.8, 4) is 0 Å². The van der Waals surface area contributed by atoms with Gasteiger partial charge in [-0.15, -0.1) is 11.8 Å². The van der Waals surface area contributed by atoms with E-state index >= 15 is 0 Å². The summed E-state index contributed by atoms with van der Waals surface area (Å²) in [6.07, 6.45) is 7.37. The van der Waals surface area contributed by atoms with Crippen molar-refractivity contribution in [1.29, 1.82) is 0 Å². The van der Waals surface area contributed by atoms with Crippen molar-refractivity contribution >= 4 is 34.9 Å². The van der Waals surface area contributed by atoms with Gasteiger partial charge in [0.15, 0.2) is 0 Å². The van der Waals surface area contributed by atoms with Crippen LogP contribution in [0.5, 0.6) is 0 Å². The van der Waals surface area contributed by atoms with E-state index in [0.717, 1.165) is 12.5 Å². The Morgan fingerprint density at radius 1 is 1.12 bits per heavy atom. The molecule has 1 fully saturated rings. The Morgan fingerprint density at radius 3 is 2.73 bits per heavy atom. The molecule has 2 aliphatic rings. The van der Waals surface area contributed by atoms with Gasteiger partial charge in [-0.2, -0.15) is 0 Å². The Kier molecular flexibility index (Phi) is 5.82. The molecule has 26 heavy (non-hydrogen) atoms. The summed E-state index contributed by atoms with van der Waals surface area (Å²) in [6, 6.07) is 16.4. The molecule has 0 radical (unpaired) electrons. The van der Waals surface area contributed by atoms with Crippen LogP contribution in [0.15, 0.2) is 57.2 Å². The van der Waals surface area contributed by atoms with Crippen LogP contribution in [0, 0.1) is 5.92 Å². The molecule has 0 saturated carbocycles. The van der Waals surface area contributed by atoms with E-state index in [0.29, 0.717) is 6.04 Å². The molecule has 2 aliphatic heterocycles. The van der Waals surface area contributed by atoms with E-state index in [9.17, 15) is 0 Å². The first kappa shape index (κ1) is 18.3. The summed E-state index contributed by atoms with van der Waals surface area (Å²) in [7, 11) is 0. The Labute approximate surface area is 166 Å². The second-order valence-electron chi connectivity index (χ2n) is 7.30. The van der Waals surface area contributed by atoms with Gasteiger partial charge in [0.25, 0.3) is 0 Å². The van der Waals surface area contributed by atoms with E-state index in [1.165, 1.54) is 58.3 Å². The van der Waals surface area contributed by atoms with Gasteiger partial charge in [-0.1, -0.05) is 37.2 Å². The van der Waals surface area contributed by atoms with Gasteiger partial charge < -0.3 is 10.2 Å². The van der Waals surface area contributed by atoms with Crippen LogP contribution in [0.2, 0.25) is 0 Å². The minimum Gasteiger partial charge on any atom is -0.340 e. The average Bonchev–Trinajstić information content (AvgIpc) is 2.71. The molecule has 138 valence electrons. The van der Waals surface area contributed by atoms with Crippen molar-refractivity contribution in [3.05, 3.63) is 42.5 Å². The Hall–Kier alpha value is -1.10. The number of nitrogens with one attached hydrogen (secondary N) is 1. The van der Waals surface area contributed by atoms with Crippen LogP contribution in [0.1, 0.15) is 32.6 Å². The topological polar surface area (TPSA) is 15.3 Å². The molecule has 2 aromatic rings. The molecule has 2 aromatic carbocycles. The van der Waals surface area contributed by atoms with Crippen molar-refractivity contribution in [2.45, 2.75) is 53.3 Å². The molecular formula is C22H28N2S2. The highest BCUT2D eigenvalue weighted by Crippen LogP contribution is 2.49. The van der Waals surface area contributed by atoms with E-state index in [-0.39, 0.29) is 0 Å². The summed E-state index contributed by atoms with van der Waals surface area (Å²) in [5.74, 6) is 0.878. The lowest BCUT2D eigenvalue weighted by atomic mass is 9.91. The molecule has 4 heteroatoms. The molecule has 0 spiro atoms. The molecule has 0 aromatic heterocycles. The highest BCUT2D eigenvalue weighted by molar-refractivity contribution is 8.00. The van der Waals surface area contributed by atoms with Crippen LogP contribution in [0.3, 0.4) is 0 Å². The SMILES string of the molecule is CCC1CCC(CCN2c3ccccc3Sc3ccc(SC)cc32)NC1. The van der Waals surface area contributed by atoms with Gasteiger partial charge in [0.05, 0.1) is 11.4 Å². The fourth-order valence-corrected chi connectivity index (χ4v) is 5.54.